The highest BCUT2D eigenvalue weighted by Gasteiger charge is 2.29. The van der Waals surface area contributed by atoms with Gasteiger partial charge in [0.05, 0.1) is 18.7 Å². The Bertz CT molecular complexity index is 1180. The second kappa shape index (κ2) is 8.45. The van der Waals surface area contributed by atoms with E-state index < -0.39 is 0 Å². The molecule has 1 fully saturated rings. The fourth-order valence-electron chi connectivity index (χ4n) is 4.29. The Morgan fingerprint density at radius 3 is 2.71 bits per heavy atom. The molecule has 1 atom stereocenters. The zero-order valence-electron chi connectivity index (χ0n) is 17.8. The van der Waals surface area contributed by atoms with Gasteiger partial charge < -0.3 is 4.74 Å². The number of benzene rings is 1. The van der Waals surface area contributed by atoms with E-state index in [2.05, 4.69) is 80.8 Å². The molecule has 4 aromatic rings. The Balaban J connectivity index is 1.40. The lowest BCUT2D eigenvalue weighted by atomic mass is 10.1. The number of hydrogen-bond donors (Lipinski definition) is 0. The van der Waals surface area contributed by atoms with Crippen LogP contribution in [-0.4, -0.2) is 63.4 Å². The van der Waals surface area contributed by atoms with Crippen LogP contribution in [-0.2, 0) is 6.54 Å². The van der Waals surface area contributed by atoms with Gasteiger partial charge >= 0.3 is 0 Å². The van der Waals surface area contributed by atoms with Crippen LogP contribution in [0, 0.1) is 0 Å². The van der Waals surface area contributed by atoms with Gasteiger partial charge in [0, 0.05) is 49.7 Å². The third-order valence-electron chi connectivity index (χ3n) is 6.03. The molecule has 0 amide bonds. The van der Waals surface area contributed by atoms with E-state index in [-0.39, 0.29) is 6.04 Å². The quantitative estimate of drug-likeness (QED) is 0.500. The topological polar surface area (TPSA) is 58.8 Å². The van der Waals surface area contributed by atoms with Crippen molar-refractivity contribution in [2.24, 2.45) is 0 Å². The van der Waals surface area contributed by atoms with E-state index in [0.717, 1.165) is 48.5 Å². The summed E-state index contributed by atoms with van der Waals surface area (Å²) in [5, 5.41) is 9.03. The number of hydrogen-bond acceptors (Lipinski definition) is 6. The molecule has 31 heavy (non-hydrogen) atoms. The van der Waals surface area contributed by atoms with Crippen LogP contribution < -0.4 is 4.74 Å². The van der Waals surface area contributed by atoms with E-state index >= 15 is 0 Å². The molecule has 0 saturated carbocycles. The number of methoxy groups -OCH3 is 1. The first kappa shape index (κ1) is 19.7. The highest BCUT2D eigenvalue weighted by atomic mass is 16.5. The van der Waals surface area contributed by atoms with E-state index in [0.29, 0.717) is 5.88 Å². The summed E-state index contributed by atoms with van der Waals surface area (Å²) in [5.41, 5.74) is 5.48. The monoisotopic (exact) mass is 414 g/mol. The molecule has 1 aromatic carbocycles. The van der Waals surface area contributed by atoms with Gasteiger partial charge in [0.25, 0.3) is 0 Å². The van der Waals surface area contributed by atoms with Gasteiger partial charge in [0.1, 0.15) is 5.69 Å². The molecule has 0 aliphatic carbocycles. The molecule has 0 bridgehead atoms. The number of piperazine rings is 1. The van der Waals surface area contributed by atoms with E-state index in [1.807, 2.05) is 16.6 Å². The van der Waals surface area contributed by atoms with Crippen LogP contribution in [0.2, 0.25) is 0 Å². The zero-order valence-corrected chi connectivity index (χ0v) is 17.8. The summed E-state index contributed by atoms with van der Waals surface area (Å²) in [6.07, 6.45) is 3.82. The maximum atomic E-state index is 5.44. The number of aromatic nitrogens is 4. The molecule has 1 aliphatic rings. The van der Waals surface area contributed by atoms with Gasteiger partial charge in [-0.2, -0.15) is 0 Å². The molecule has 7 heteroatoms. The molecule has 7 nitrogen and oxygen atoms in total. The Kier molecular flexibility index (Phi) is 5.36. The number of rotatable bonds is 5. The van der Waals surface area contributed by atoms with Crippen molar-refractivity contribution in [3.05, 3.63) is 78.2 Å². The minimum atomic E-state index is 0.177. The van der Waals surface area contributed by atoms with Gasteiger partial charge in [0.15, 0.2) is 0 Å². The number of pyridine rings is 2. The first-order valence-corrected chi connectivity index (χ1v) is 10.5. The van der Waals surface area contributed by atoms with Crippen molar-refractivity contribution in [2.45, 2.75) is 12.6 Å². The molecule has 0 unspecified atom stereocenters. The average Bonchev–Trinajstić information content (AvgIpc) is 3.24. The molecule has 5 rings (SSSR count). The van der Waals surface area contributed by atoms with E-state index in [1.54, 1.807) is 13.3 Å². The molecule has 4 heterocycles. The maximum absolute atomic E-state index is 5.44. The first-order chi connectivity index (χ1) is 15.2. The molecular weight excluding hydrogens is 388 g/mol. The van der Waals surface area contributed by atoms with Crippen LogP contribution in [0.4, 0.5) is 0 Å². The lowest BCUT2D eigenvalue weighted by Crippen LogP contribution is -2.46. The standard InChI is InChI=1S/C24H26N6O/c1-28-13-14-29(15-20-9-6-12-25-24(20)31-2)17-22(28)23-21-11-10-19(16-30(21)27-26-23)18-7-4-3-5-8-18/h3-12,16,22H,13-15,17H2,1-2H3/t22-/m0/s1. The van der Waals surface area contributed by atoms with Crippen LogP contribution in [0.25, 0.3) is 16.6 Å². The first-order valence-electron chi connectivity index (χ1n) is 10.5. The Labute approximate surface area is 181 Å². The van der Waals surface area contributed by atoms with Crippen molar-refractivity contribution >= 4 is 5.52 Å². The Morgan fingerprint density at radius 2 is 1.87 bits per heavy atom. The Morgan fingerprint density at radius 1 is 1.00 bits per heavy atom. The fourth-order valence-corrected chi connectivity index (χ4v) is 4.29. The van der Waals surface area contributed by atoms with Crippen LogP contribution in [0.3, 0.4) is 0 Å². The summed E-state index contributed by atoms with van der Waals surface area (Å²) in [6.45, 7) is 3.64. The predicted molar refractivity (Wildman–Crippen MR) is 120 cm³/mol. The van der Waals surface area contributed by atoms with Gasteiger partial charge in [-0.1, -0.05) is 47.7 Å². The molecular formula is C24H26N6O. The van der Waals surface area contributed by atoms with Crippen LogP contribution in [0.1, 0.15) is 17.3 Å². The van der Waals surface area contributed by atoms with Crippen molar-refractivity contribution in [1.29, 1.82) is 0 Å². The molecule has 0 spiro atoms. The highest BCUT2D eigenvalue weighted by molar-refractivity contribution is 5.66. The van der Waals surface area contributed by atoms with Crippen LogP contribution in [0.5, 0.6) is 5.88 Å². The summed E-state index contributed by atoms with van der Waals surface area (Å²) in [5.74, 6) is 0.695. The summed E-state index contributed by atoms with van der Waals surface area (Å²) >= 11 is 0. The second-order valence-electron chi connectivity index (χ2n) is 7.99. The molecule has 3 aromatic heterocycles. The third kappa shape index (κ3) is 3.89. The van der Waals surface area contributed by atoms with Crippen molar-refractivity contribution in [3.8, 4) is 17.0 Å². The number of likely N-dealkylation sites (N-methyl/N-ethyl adjacent to an activating group) is 1. The number of ether oxygens (including phenoxy) is 1. The Hall–Kier alpha value is -3.29. The lowest BCUT2D eigenvalue weighted by molar-refractivity contribution is 0.0882. The smallest absolute Gasteiger partial charge is 0.217 e. The summed E-state index contributed by atoms with van der Waals surface area (Å²) in [6, 6.07) is 18.9. The van der Waals surface area contributed by atoms with Gasteiger partial charge in [-0.05, 0) is 24.7 Å². The van der Waals surface area contributed by atoms with Gasteiger partial charge in [-0.3, -0.25) is 9.80 Å². The number of fused-ring (bicyclic) bond motifs is 1. The van der Waals surface area contributed by atoms with E-state index in [1.165, 1.54) is 5.56 Å². The van der Waals surface area contributed by atoms with Crippen LogP contribution >= 0.6 is 0 Å². The average molecular weight is 415 g/mol. The minimum absolute atomic E-state index is 0.177. The molecule has 1 aliphatic heterocycles. The molecule has 0 radical (unpaired) electrons. The fraction of sp³-hybridized carbons (Fsp3) is 0.292. The SMILES string of the molecule is COc1ncccc1CN1CCN(C)[C@H](c2nnn3cc(-c4ccccc4)ccc23)C1. The van der Waals surface area contributed by atoms with E-state index in [9.17, 15) is 0 Å². The van der Waals surface area contributed by atoms with Gasteiger partial charge in [-0.15, -0.1) is 5.10 Å². The molecule has 1 saturated heterocycles. The van der Waals surface area contributed by atoms with E-state index in [4.69, 9.17) is 4.74 Å². The third-order valence-corrected chi connectivity index (χ3v) is 6.03. The van der Waals surface area contributed by atoms with Crippen molar-refractivity contribution in [3.63, 3.8) is 0 Å². The molecule has 158 valence electrons. The lowest BCUT2D eigenvalue weighted by Gasteiger charge is -2.38. The molecule has 0 N–H and O–H groups in total. The highest BCUT2D eigenvalue weighted by Crippen LogP contribution is 2.29. The van der Waals surface area contributed by atoms with Crippen LogP contribution in [0.15, 0.2) is 67.0 Å². The summed E-state index contributed by atoms with van der Waals surface area (Å²) in [4.78, 5) is 9.14. The summed E-state index contributed by atoms with van der Waals surface area (Å²) < 4.78 is 7.34. The zero-order chi connectivity index (χ0) is 21.2. The van der Waals surface area contributed by atoms with Gasteiger partial charge in [0.2, 0.25) is 5.88 Å². The second-order valence-corrected chi connectivity index (χ2v) is 7.99. The summed E-state index contributed by atoms with van der Waals surface area (Å²) in [7, 11) is 3.83. The maximum Gasteiger partial charge on any atom is 0.217 e. The number of nitrogens with zero attached hydrogens (tertiary/aromatic N) is 6. The van der Waals surface area contributed by atoms with Crippen molar-refractivity contribution in [2.75, 3.05) is 33.8 Å². The normalized spacial score (nSPS) is 17.8. The van der Waals surface area contributed by atoms with Crippen molar-refractivity contribution < 1.29 is 4.74 Å². The minimum Gasteiger partial charge on any atom is -0.481 e. The largest absolute Gasteiger partial charge is 0.481 e. The predicted octanol–water partition coefficient (Wildman–Crippen LogP) is 3.29. The van der Waals surface area contributed by atoms with Crippen molar-refractivity contribution in [1.82, 2.24) is 29.6 Å². The van der Waals surface area contributed by atoms with Gasteiger partial charge in [-0.25, -0.2) is 9.50 Å².